The number of carbonyl (C=O) groups excluding carboxylic acids is 2. The van der Waals surface area contributed by atoms with Crippen LogP contribution in [0, 0.1) is 11.8 Å². The fourth-order valence-electron chi connectivity index (χ4n) is 4.12. The van der Waals surface area contributed by atoms with Crippen molar-refractivity contribution < 1.29 is 14.7 Å². The number of nitrogens with zero attached hydrogens (tertiary/aromatic N) is 1. The van der Waals surface area contributed by atoms with Crippen molar-refractivity contribution in [1.29, 1.82) is 0 Å². The first-order valence-electron chi connectivity index (χ1n) is 9.31. The first-order chi connectivity index (χ1) is 13.0. The van der Waals surface area contributed by atoms with Gasteiger partial charge in [-0.1, -0.05) is 30.3 Å². The topological polar surface area (TPSA) is 91.3 Å². The van der Waals surface area contributed by atoms with Gasteiger partial charge in [0.1, 0.15) is 5.69 Å². The van der Waals surface area contributed by atoms with Gasteiger partial charge >= 0.3 is 0 Å². The van der Waals surface area contributed by atoms with Gasteiger partial charge in [0.15, 0.2) is 0 Å². The number of aliphatic hydroxyl groups is 1. The van der Waals surface area contributed by atoms with Gasteiger partial charge in [-0.15, -0.1) is 0 Å². The summed E-state index contributed by atoms with van der Waals surface area (Å²) in [5.74, 6) is 0.261. The monoisotopic (exact) mass is 365 g/mol. The Bertz CT molecular complexity index is 856. The van der Waals surface area contributed by atoms with E-state index in [1.54, 1.807) is 13.1 Å². The van der Waals surface area contributed by atoms with E-state index in [4.69, 9.17) is 0 Å². The zero-order valence-corrected chi connectivity index (χ0v) is 15.2. The number of benzene rings is 1. The largest absolute Gasteiger partial charge is 0.393 e. The summed E-state index contributed by atoms with van der Waals surface area (Å²) in [7, 11) is 1.55. The van der Waals surface area contributed by atoms with Crippen molar-refractivity contribution in [2.24, 2.45) is 11.8 Å². The Labute approximate surface area is 158 Å². The number of aromatic nitrogens is 1. The van der Waals surface area contributed by atoms with Gasteiger partial charge in [-0.3, -0.25) is 9.59 Å². The average Bonchev–Trinajstić information content (AvgIpc) is 3.12. The molecule has 3 N–H and O–H groups in total. The molecular weight excluding hydrogens is 342 g/mol. The summed E-state index contributed by atoms with van der Waals surface area (Å²) in [4.78, 5) is 29.3. The Balaban J connectivity index is 1.54. The van der Waals surface area contributed by atoms with Gasteiger partial charge in [0, 0.05) is 30.8 Å². The number of nitrogens with one attached hydrogen (secondary N) is 2. The van der Waals surface area contributed by atoms with Crippen LogP contribution in [0.15, 0.2) is 42.5 Å². The van der Waals surface area contributed by atoms with Crippen LogP contribution in [-0.4, -0.2) is 41.1 Å². The molecule has 140 valence electrons. The lowest BCUT2D eigenvalue weighted by Crippen LogP contribution is -2.30. The molecule has 2 fully saturated rings. The van der Waals surface area contributed by atoms with Crippen molar-refractivity contribution in [2.75, 3.05) is 7.05 Å². The minimum absolute atomic E-state index is 0.134. The molecule has 0 unspecified atom stereocenters. The highest BCUT2D eigenvalue weighted by Crippen LogP contribution is 2.52. The van der Waals surface area contributed by atoms with Gasteiger partial charge in [-0.05, 0) is 42.4 Å². The first kappa shape index (κ1) is 17.7. The Morgan fingerprint density at radius 1 is 1.11 bits per heavy atom. The predicted octanol–water partition coefficient (Wildman–Crippen LogP) is 1.53. The molecule has 2 aliphatic rings. The van der Waals surface area contributed by atoms with Crippen LogP contribution < -0.4 is 10.6 Å². The van der Waals surface area contributed by atoms with Crippen LogP contribution in [0.5, 0.6) is 0 Å². The predicted molar refractivity (Wildman–Crippen MR) is 100 cm³/mol. The highest BCUT2D eigenvalue weighted by atomic mass is 16.3. The fraction of sp³-hybridized carbons (Fsp3) is 0.381. The molecule has 2 aromatic rings. The van der Waals surface area contributed by atoms with Crippen molar-refractivity contribution in [3.05, 3.63) is 65.0 Å². The third-order valence-corrected chi connectivity index (χ3v) is 5.55. The second kappa shape index (κ2) is 7.12. The Morgan fingerprint density at radius 3 is 2.48 bits per heavy atom. The molecule has 1 aromatic carbocycles. The second-order valence-corrected chi connectivity index (χ2v) is 7.43. The Morgan fingerprint density at radius 2 is 1.81 bits per heavy atom. The van der Waals surface area contributed by atoms with E-state index >= 15 is 0 Å². The molecule has 0 bridgehead atoms. The number of rotatable bonds is 5. The lowest BCUT2D eigenvalue weighted by atomic mass is 10.1. The van der Waals surface area contributed by atoms with E-state index in [2.05, 4.69) is 15.6 Å². The molecule has 2 saturated carbocycles. The number of carbonyl (C=O) groups is 2. The smallest absolute Gasteiger partial charge is 0.269 e. The lowest BCUT2D eigenvalue weighted by Gasteiger charge is -2.12. The number of fused-ring (bicyclic) bond motifs is 1. The van der Waals surface area contributed by atoms with Crippen LogP contribution in [0.4, 0.5) is 0 Å². The fourth-order valence-corrected chi connectivity index (χ4v) is 4.12. The van der Waals surface area contributed by atoms with Crippen LogP contribution in [0.2, 0.25) is 0 Å². The van der Waals surface area contributed by atoms with Gasteiger partial charge in [0.25, 0.3) is 11.8 Å². The van der Waals surface area contributed by atoms with Crippen LogP contribution >= 0.6 is 0 Å². The van der Waals surface area contributed by atoms with Gasteiger partial charge in [0.05, 0.1) is 6.10 Å². The van der Waals surface area contributed by atoms with E-state index in [1.807, 2.05) is 30.3 Å². The van der Waals surface area contributed by atoms with Gasteiger partial charge in [-0.25, -0.2) is 4.98 Å². The van der Waals surface area contributed by atoms with E-state index < -0.39 is 0 Å². The second-order valence-electron chi connectivity index (χ2n) is 7.43. The van der Waals surface area contributed by atoms with Crippen molar-refractivity contribution in [3.63, 3.8) is 0 Å². The Hall–Kier alpha value is -2.73. The molecule has 27 heavy (non-hydrogen) atoms. The molecule has 4 atom stereocenters. The van der Waals surface area contributed by atoms with E-state index in [0.717, 1.165) is 18.4 Å². The minimum Gasteiger partial charge on any atom is -0.393 e. The maximum Gasteiger partial charge on any atom is 0.269 e. The van der Waals surface area contributed by atoms with Crippen LogP contribution in [-0.2, 0) is 6.42 Å². The summed E-state index contributed by atoms with van der Waals surface area (Å²) in [6.45, 7) is 0. The minimum atomic E-state index is -0.314. The number of hydrogen-bond donors (Lipinski definition) is 3. The van der Waals surface area contributed by atoms with E-state index in [-0.39, 0.29) is 29.7 Å². The normalized spacial score (nSPS) is 25.6. The molecule has 0 saturated heterocycles. The molecule has 1 heterocycles. The highest BCUT2D eigenvalue weighted by molar-refractivity contribution is 5.98. The van der Waals surface area contributed by atoms with Crippen LogP contribution in [0.3, 0.4) is 0 Å². The summed E-state index contributed by atoms with van der Waals surface area (Å²) in [6, 6.07) is 13.3. The summed E-state index contributed by atoms with van der Waals surface area (Å²) in [5, 5.41) is 15.3. The summed E-state index contributed by atoms with van der Waals surface area (Å²) in [6.07, 6.45) is 1.84. The van der Waals surface area contributed by atoms with Crippen molar-refractivity contribution in [2.45, 2.75) is 31.4 Å². The quantitative estimate of drug-likeness (QED) is 0.749. The molecule has 2 amide bonds. The molecule has 6 heteroatoms. The molecule has 2 aliphatic carbocycles. The van der Waals surface area contributed by atoms with Crippen LogP contribution in [0.1, 0.15) is 44.9 Å². The third-order valence-electron chi connectivity index (χ3n) is 5.55. The highest BCUT2D eigenvalue weighted by Gasteiger charge is 2.56. The van der Waals surface area contributed by atoms with Gasteiger partial charge < -0.3 is 15.7 Å². The van der Waals surface area contributed by atoms with E-state index in [1.165, 1.54) is 6.07 Å². The summed E-state index contributed by atoms with van der Waals surface area (Å²) < 4.78 is 0. The van der Waals surface area contributed by atoms with Crippen molar-refractivity contribution in [3.8, 4) is 0 Å². The van der Waals surface area contributed by atoms with Gasteiger partial charge in [0.2, 0.25) is 0 Å². The molecule has 0 radical (unpaired) electrons. The SMILES string of the molecule is CNC(=O)c1cc(C(=O)N[C@H]2[C@@H]3C[C@@H](O)C[C@@H]32)cc(Cc2ccccc2)n1. The summed E-state index contributed by atoms with van der Waals surface area (Å²) in [5.41, 5.74) is 2.43. The summed E-state index contributed by atoms with van der Waals surface area (Å²) >= 11 is 0. The van der Waals surface area contributed by atoms with E-state index in [0.29, 0.717) is 29.5 Å². The van der Waals surface area contributed by atoms with Gasteiger partial charge in [-0.2, -0.15) is 0 Å². The third kappa shape index (κ3) is 3.71. The van der Waals surface area contributed by atoms with E-state index in [9.17, 15) is 14.7 Å². The van der Waals surface area contributed by atoms with Crippen LogP contribution in [0.25, 0.3) is 0 Å². The first-order valence-corrected chi connectivity index (χ1v) is 9.31. The molecule has 0 spiro atoms. The zero-order valence-electron chi connectivity index (χ0n) is 15.2. The number of pyridine rings is 1. The maximum absolute atomic E-state index is 12.7. The number of aliphatic hydroxyl groups excluding tert-OH is 1. The number of hydrogen-bond acceptors (Lipinski definition) is 4. The molecule has 0 aliphatic heterocycles. The Kier molecular flexibility index (Phi) is 4.66. The zero-order chi connectivity index (χ0) is 19.0. The molecular formula is C21H23N3O3. The molecule has 6 nitrogen and oxygen atoms in total. The average molecular weight is 365 g/mol. The maximum atomic E-state index is 12.7. The van der Waals surface area contributed by atoms with Crippen molar-refractivity contribution >= 4 is 11.8 Å². The van der Waals surface area contributed by atoms with Crippen molar-refractivity contribution in [1.82, 2.24) is 15.6 Å². The lowest BCUT2D eigenvalue weighted by molar-refractivity contribution is 0.0936. The number of amides is 2. The molecule has 1 aromatic heterocycles. The standard InChI is InChI=1S/C21H23N3O3/c1-22-21(27)18-9-13(8-14(23-18)7-12-5-3-2-4-6-12)20(26)24-19-16-10-15(25)11-17(16)19/h2-6,8-9,15-17,19,25H,7,10-11H2,1H3,(H,22,27)(H,24,26)/t15-,16-,17+,19+. The molecule has 4 rings (SSSR count).